The molecule has 4 rings (SSSR count). The normalized spacial score (nSPS) is 13.4. The predicted molar refractivity (Wildman–Crippen MR) is 159 cm³/mol. The average molecular weight is 600 g/mol. The second-order valence-electron chi connectivity index (χ2n) is 10.9. The highest BCUT2D eigenvalue weighted by Gasteiger charge is 2.35. The molecule has 0 radical (unpaired) electrons. The van der Waals surface area contributed by atoms with Gasteiger partial charge in [0, 0.05) is 29.6 Å². The number of sulfonamides is 1. The Morgan fingerprint density at radius 2 is 1.63 bits per heavy atom. The molecule has 1 heterocycles. The van der Waals surface area contributed by atoms with E-state index in [1.807, 2.05) is 51.1 Å². The number of carbonyl (C=O) groups excluding carboxylic acids is 2. The highest BCUT2D eigenvalue weighted by Crippen LogP contribution is 2.36. The van der Waals surface area contributed by atoms with Gasteiger partial charge in [0.2, 0.25) is 28.6 Å². The van der Waals surface area contributed by atoms with E-state index in [2.05, 4.69) is 5.32 Å². The molecule has 2 amide bonds. The molecule has 0 aliphatic carbocycles. The van der Waals surface area contributed by atoms with Gasteiger partial charge in [-0.05, 0) is 50.1 Å². The monoisotopic (exact) mass is 599 g/mol. The summed E-state index contributed by atoms with van der Waals surface area (Å²) in [7, 11) is -3.92. The Labute approximate surface area is 246 Å². The van der Waals surface area contributed by atoms with E-state index in [-0.39, 0.29) is 31.4 Å². The number of nitrogens with zero attached hydrogens (tertiary/aromatic N) is 2. The van der Waals surface area contributed by atoms with Crippen LogP contribution >= 0.6 is 11.6 Å². The number of benzene rings is 3. The lowest BCUT2D eigenvalue weighted by atomic mass is 10.0. The molecule has 9 nitrogen and oxygen atoms in total. The summed E-state index contributed by atoms with van der Waals surface area (Å²) in [6, 6.07) is 20.1. The van der Waals surface area contributed by atoms with Crippen LogP contribution in [0.4, 0.5) is 5.69 Å². The molecule has 11 heteroatoms. The summed E-state index contributed by atoms with van der Waals surface area (Å²) in [5, 5.41) is 3.42. The third-order valence-corrected chi connectivity index (χ3v) is 7.90. The molecule has 3 aromatic carbocycles. The highest BCUT2D eigenvalue weighted by atomic mass is 35.5. The van der Waals surface area contributed by atoms with E-state index in [0.29, 0.717) is 22.1 Å². The minimum atomic E-state index is -3.92. The van der Waals surface area contributed by atoms with Crippen molar-refractivity contribution in [3.8, 4) is 11.5 Å². The van der Waals surface area contributed by atoms with E-state index in [4.69, 9.17) is 21.1 Å². The topological polar surface area (TPSA) is 105 Å². The third-order valence-electron chi connectivity index (χ3n) is 6.39. The molecule has 0 saturated heterocycles. The Morgan fingerprint density at radius 3 is 2.29 bits per heavy atom. The summed E-state index contributed by atoms with van der Waals surface area (Å²) in [6.07, 6.45) is 1.23. The smallest absolute Gasteiger partial charge is 0.244 e. The molecular weight excluding hydrogens is 566 g/mol. The SMILES string of the molecule is CC(C)(C)NC(=O)C(Cc1ccccc1)N(Cc1ccccc1Cl)C(=O)CN(c1ccc2c(c1)OCO2)S(C)(=O)=O. The zero-order valence-corrected chi connectivity index (χ0v) is 25.0. The second-order valence-corrected chi connectivity index (χ2v) is 13.2. The van der Waals surface area contributed by atoms with Crippen molar-refractivity contribution in [2.45, 2.75) is 45.3 Å². The molecule has 1 atom stereocenters. The number of anilines is 1. The van der Waals surface area contributed by atoms with Crippen molar-refractivity contribution in [3.63, 3.8) is 0 Å². The van der Waals surface area contributed by atoms with Crippen LogP contribution < -0.4 is 19.1 Å². The van der Waals surface area contributed by atoms with Gasteiger partial charge < -0.3 is 19.7 Å². The van der Waals surface area contributed by atoms with Gasteiger partial charge in [-0.3, -0.25) is 13.9 Å². The number of amides is 2. The minimum Gasteiger partial charge on any atom is -0.454 e. The number of hydrogen-bond acceptors (Lipinski definition) is 6. The van der Waals surface area contributed by atoms with Crippen LogP contribution in [0.15, 0.2) is 72.8 Å². The third kappa shape index (κ3) is 7.92. The van der Waals surface area contributed by atoms with Crippen molar-refractivity contribution < 1.29 is 27.5 Å². The molecule has 0 spiro atoms. The summed E-state index contributed by atoms with van der Waals surface area (Å²) >= 11 is 6.48. The highest BCUT2D eigenvalue weighted by molar-refractivity contribution is 7.92. The van der Waals surface area contributed by atoms with Gasteiger partial charge in [-0.25, -0.2) is 8.42 Å². The van der Waals surface area contributed by atoms with Crippen molar-refractivity contribution in [2.24, 2.45) is 0 Å². The average Bonchev–Trinajstić information content (AvgIpc) is 3.37. The number of hydrogen-bond donors (Lipinski definition) is 1. The molecule has 0 bridgehead atoms. The Morgan fingerprint density at radius 1 is 0.976 bits per heavy atom. The first-order chi connectivity index (χ1) is 19.3. The first-order valence-electron chi connectivity index (χ1n) is 13.1. The van der Waals surface area contributed by atoms with E-state index in [9.17, 15) is 18.0 Å². The number of halogens is 1. The van der Waals surface area contributed by atoms with Crippen LogP contribution in [0.25, 0.3) is 0 Å². The Kier molecular flexibility index (Phi) is 9.14. The summed E-state index contributed by atoms with van der Waals surface area (Å²) in [5.74, 6) is -0.0765. The fraction of sp³-hybridized carbons (Fsp3) is 0.333. The Bertz CT molecular complexity index is 1510. The number of nitrogens with one attached hydrogen (secondary N) is 1. The molecule has 0 saturated carbocycles. The lowest BCUT2D eigenvalue weighted by Crippen LogP contribution is -2.56. The summed E-state index contributed by atoms with van der Waals surface area (Å²) in [5.41, 5.74) is 1.13. The molecule has 41 heavy (non-hydrogen) atoms. The summed E-state index contributed by atoms with van der Waals surface area (Å²) < 4.78 is 37.7. The lowest BCUT2D eigenvalue weighted by molar-refractivity contribution is -0.140. The molecule has 3 aromatic rings. The fourth-order valence-electron chi connectivity index (χ4n) is 4.47. The van der Waals surface area contributed by atoms with Crippen molar-refractivity contribution in [2.75, 3.05) is 23.9 Å². The zero-order chi connectivity index (χ0) is 29.8. The van der Waals surface area contributed by atoms with E-state index < -0.39 is 34.1 Å². The molecular formula is C30H34ClN3O6S. The first kappa shape index (κ1) is 30.2. The van der Waals surface area contributed by atoms with Gasteiger partial charge in [0.05, 0.1) is 11.9 Å². The standard InChI is InChI=1S/C30H34ClN3O6S/c1-30(2,3)32-29(36)25(16-21-10-6-5-7-11-21)33(18-22-12-8-9-13-24(22)31)28(35)19-34(41(4,37)38)23-14-15-26-27(17-23)40-20-39-26/h5-15,17,25H,16,18-20H2,1-4H3,(H,32,36). The van der Waals surface area contributed by atoms with Gasteiger partial charge in [-0.1, -0.05) is 60.1 Å². The molecule has 1 aliphatic rings. The van der Waals surface area contributed by atoms with Crippen molar-refractivity contribution >= 4 is 39.1 Å². The molecule has 1 aliphatic heterocycles. The maximum absolute atomic E-state index is 14.2. The van der Waals surface area contributed by atoms with Crippen LogP contribution in [0.5, 0.6) is 11.5 Å². The number of carbonyl (C=O) groups is 2. The van der Waals surface area contributed by atoms with E-state index in [1.54, 1.807) is 36.4 Å². The van der Waals surface area contributed by atoms with Crippen LogP contribution in [0.1, 0.15) is 31.9 Å². The number of ether oxygens (including phenoxy) is 2. The van der Waals surface area contributed by atoms with Gasteiger partial charge in [-0.2, -0.15) is 0 Å². The summed E-state index contributed by atoms with van der Waals surface area (Å²) in [6.45, 7) is 5.04. The molecule has 218 valence electrons. The van der Waals surface area contributed by atoms with Gasteiger partial charge in [0.25, 0.3) is 0 Å². The van der Waals surface area contributed by atoms with Crippen LogP contribution in [0, 0.1) is 0 Å². The number of rotatable bonds is 10. The maximum atomic E-state index is 14.2. The molecule has 0 fully saturated rings. The largest absolute Gasteiger partial charge is 0.454 e. The maximum Gasteiger partial charge on any atom is 0.244 e. The van der Waals surface area contributed by atoms with Gasteiger partial charge in [0.15, 0.2) is 11.5 Å². The van der Waals surface area contributed by atoms with Crippen LogP contribution in [-0.4, -0.2) is 56.3 Å². The van der Waals surface area contributed by atoms with Crippen LogP contribution in [0.3, 0.4) is 0 Å². The minimum absolute atomic E-state index is 0.00763. The van der Waals surface area contributed by atoms with E-state index in [1.165, 1.54) is 11.0 Å². The van der Waals surface area contributed by atoms with Gasteiger partial charge >= 0.3 is 0 Å². The number of fused-ring (bicyclic) bond motifs is 1. The fourth-order valence-corrected chi connectivity index (χ4v) is 5.51. The van der Waals surface area contributed by atoms with Crippen LogP contribution in [-0.2, 0) is 32.6 Å². The van der Waals surface area contributed by atoms with Gasteiger partial charge in [-0.15, -0.1) is 0 Å². The lowest BCUT2D eigenvalue weighted by Gasteiger charge is -2.35. The Balaban J connectivity index is 1.75. The quantitative estimate of drug-likeness (QED) is 0.371. The predicted octanol–water partition coefficient (Wildman–Crippen LogP) is 4.39. The van der Waals surface area contributed by atoms with E-state index in [0.717, 1.165) is 16.1 Å². The van der Waals surface area contributed by atoms with Crippen molar-refractivity contribution in [1.82, 2.24) is 10.2 Å². The molecule has 1 unspecified atom stereocenters. The zero-order valence-electron chi connectivity index (χ0n) is 23.5. The Hall–Kier alpha value is -3.76. The van der Waals surface area contributed by atoms with E-state index >= 15 is 0 Å². The van der Waals surface area contributed by atoms with Crippen LogP contribution in [0.2, 0.25) is 5.02 Å². The van der Waals surface area contributed by atoms with Gasteiger partial charge in [0.1, 0.15) is 12.6 Å². The molecule has 1 N–H and O–H groups in total. The van der Waals surface area contributed by atoms with Crippen molar-refractivity contribution in [3.05, 3.63) is 88.9 Å². The van der Waals surface area contributed by atoms with Crippen molar-refractivity contribution in [1.29, 1.82) is 0 Å². The molecule has 0 aromatic heterocycles. The second kappa shape index (κ2) is 12.4. The first-order valence-corrected chi connectivity index (χ1v) is 15.3. The summed E-state index contributed by atoms with van der Waals surface area (Å²) in [4.78, 5) is 29.3.